The largest absolute Gasteiger partial charge is 0.327 e. The highest BCUT2D eigenvalue weighted by molar-refractivity contribution is 7.14. The normalized spacial score (nSPS) is 27.3. The lowest BCUT2D eigenvalue weighted by molar-refractivity contribution is 0.114. The minimum absolute atomic E-state index is 0.326. The second-order valence-corrected chi connectivity index (χ2v) is 7.08. The first-order valence-corrected chi connectivity index (χ1v) is 8.06. The summed E-state index contributed by atoms with van der Waals surface area (Å²) in [5.41, 5.74) is 7.57. The summed E-state index contributed by atoms with van der Waals surface area (Å²) in [6.07, 6.45) is 3.45. The van der Waals surface area contributed by atoms with Crippen LogP contribution in [-0.4, -0.2) is 30.1 Å². The van der Waals surface area contributed by atoms with Gasteiger partial charge in [0.05, 0.1) is 4.34 Å². The molecule has 102 valence electrons. The fraction of sp³-hybridized carbons (Fsp3) is 0.714. The number of nitrogens with zero attached hydrogens (tertiary/aromatic N) is 1. The Morgan fingerprint density at radius 3 is 2.94 bits per heavy atom. The van der Waals surface area contributed by atoms with Crippen LogP contribution in [0.15, 0.2) is 11.4 Å². The van der Waals surface area contributed by atoms with Crippen molar-refractivity contribution in [3.8, 4) is 0 Å². The lowest BCUT2D eigenvalue weighted by atomic mass is 9.89. The van der Waals surface area contributed by atoms with Gasteiger partial charge >= 0.3 is 0 Å². The molecule has 0 saturated carbocycles. The highest BCUT2D eigenvalue weighted by Gasteiger charge is 2.27. The summed E-state index contributed by atoms with van der Waals surface area (Å²) >= 11 is 7.62. The van der Waals surface area contributed by atoms with Gasteiger partial charge in [-0.2, -0.15) is 0 Å². The first-order chi connectivity index (χ1) is 8.58. The predicted octanol–water partition coefficient (Wildman–Crippen LogP) is 3.39. The zero-order valence-electron chi connectivity index (χ0n) is 11.2. The minimum atomic E-state index is 0.326. The summed E-state index contributed by atoms with van der Waals surface area (Å²) in [4.78, 5) is 2.55. The average molecular weight is 287 g/mol. The van der Waals surface area contributed by atoms with Gasteiger partial charge in [-0.05, 0) is 49.1 Å². The van der Waals surface area contributed by atoms with Gasteiger partial charge in [0.2, 0.25) is 0 Å². The molecule has 1 aromatic heterocycles. The lowest BCUT2D eigenvalue weighted by Gasteiger charge is -2.39. The Morgan fingerprint density at radius 2 is 2.33 bits per heavy atom. The number of rotatable bonds is 4. The molecule has 3 atom stereocenters. The summed E-state index contributed by atoms with van der Waals surface area (Å²) in [6, 6.07) is 3.07. The van der Waals surface area contributed by atoms with Crippen LogP contribution in [0.3, 0.4) is 0 Å². The van der Waals surface area contributed by atoms with Gasteiger partial charge in [0, 0.05) is 25.2 Å². The Morgan fingerprint density at radius 1 is 1.56 bits per heavy atom. The van der Waals surface area contributed by atoms with Crippen molar-refractivity contribution in [1.29, 1.82) is 0 Å². The first kappa shape index (κ1) is 14.3. The molecule has 0 aromatic carbocycles. The molecule has 0 aliphatic carbocycles. The van der Waals surface area contributed by atoms with Gasteiger partial charge in [-0.25, -0.2) is 0 Å². The lowest BCUT2D eigenvalue weighted by Crippen LogP contribution is -2.50. The van der Waals surface area contributed by atoms with Crippen molar-refractivity contribution in [2.75, 3.05) is 13.1 Å². The summed E-state index contributed by atoms with van der Waals surface area (Å²) in [6.45, 7) is 6.78. The van der Waals surface area contributed by atoms with Crippen molar-refractivity contribution in [2.45, 2.75) is 45.2 Å². The minimum Gasteiger partial charge on any atom is -0.327 e. The SMILES string of the molecule is CCC(C)N1CC(N)CC(Cc2csc(Cl)c2)C1. The number of hydrogen-bond donors (Lipinski definition) is 1. The van der Waals surface area contributed by atoms with Crippen LogP contribution in [0, 0.1) is 5.92 Å². The molecular formula is C14H23ClN2S. The number of thiophene rings is 1. The molecule has 2 N–H and O–H groups in total. The van der Waals surface area contributed by atoms with Gasteiger partial charge in [-0.15, -0.1) is 11.3 Å². The quantitative estimate of drug-likeness (QED) is 0.919. The molecule has 0 radical (unpaired) electrons. The molecule has 1 saturated heterocycles. The molecule has 1 aromatic rings. The maximum Gasteiger partial charge on any atom is 0.0931 e. The average Bonchev–Trinajstić information content (AvgIpc) is 2.73. The summed E-state index contributed by atoms with van der Waals surface area (Å²) < 4.78 is 0.892. The van der Waals surface area contributed by atoms with E-state index in [1.54, 1.807) is 11.3 Å². The molecule has 2 rings (SSSR count). The number of halogens is 1. The van der Waals surface area contributed by atoms with Crippen molar-refractivity contribution < 1.29 is 0 Å². The Bertz CT molecular complexity index is 380. The van der Waals surface area contributed by atoms with Crippen molar-refractivity contribution in [2.24, 2.45) is 11.7 Å². The highest BCUT2D eigenvalue weighted by Crippen LogP contribution is 2.26. The number of likely N-dealkylation sites (tertiary alicyclic amines) is 1. The topological polar surface area (TPSA) is 29.3 Å². The fourth-order valence-corrected chi connectivity index (χ4v) is 3.76. The van der Waals surface area contributed by atoms with Crippen molar-refractivity contribution in [1.82, 2.24) is 4.90 Å². The summed E-state index contributed by atoms with van der Waals surface area (Å²) in [5, 5.41) is 2.18. The maximum absolute atomic E-state index is 6.20. The van der Waals surface area contributed by atoms with E-state index in [0.717, 1.165) is 23.7 Å². The van der Waals surface area contributed by atoms with E-state index in [4.69, 9.17) is 17.3 Å². The standard InChI is InChI=1S/C14H23ClN2S/c1-3-10(2)17-7-11(5-13(16)8-17)4-12-6-14(15)18-9-12/h6,9-11,13H,3-5,7-8,16H2,1-2H3. The van der Waals surface area contributed by atoms with E-state index in [2.05, 4.69) is 30.2 Å². The van der Waals surface area contributed by atoms with Crippen LogP contribution in [0.4, 0.5) is 0 Å². The van der Waals surface area contributed by atoms with Gasteiger partial charge in [0.25, 0.3) is 0 Å². The molecule has 2 nitrogen and oxygen atoms in total. The predicted molar refractivity (Wildman–Crippen MR) is 80.4 cm³/mol. The van der Waals surface area contributed by atoms with Gasteiger partial charge < -0.3 is 5.73 Å². The Balaban J connectivity index is 1.95. The number of hydrogen-bond acceptors (Lipinski definition) is 3. The van der Waals surface area contributed by atoms with Gasteiger partial charge in [-0.3, -0.25) is 4.90 Å². The second-order valence-electron chi connectivity index (χ2n) is 5.54. The first-order valence-electron chi connectivity index (χ1n) is 6.81. The smallest absolute Gasteiger partial charge is 0.0931 e. The van der Waals surface area contributed by atoms with Crippen LogP contribution in [0.1, 0.15) is 32.3 Å². The molecule has 0 spiro atoms. The van der Waals surface area contributed by atoms with E-state index >= 15 is 0 Å². The third-order valence-electron chi connectivity index (χ3n) is 3.96. The zero-order valence-corrected chi connectivity index (χ0v) is 12.8. The third-order valence-corrected chi connectivity index (χ3v) is 5.10. The van der Waals surface area contributed by atoms with Gasteiger partial charge in [-0.1, -0.05) is 18.5 Å². The van der Waals surface area contributed by atoms with Crippen molar-refractivity contribution in [3.63, 3.8) is 0 Å². The molecular weight excluding hydrogens is 264 g/mol. The maximum atomic E-state index is 6.20. The molecule has 1 aliphatic heterocycles. The molecule has 2 heterocycles. The van der Waals surface area contributed by atoms with Crippen molar-refractivity contribution in [3.05, 3.63) is 21.3 Å². The van der Waals surface area contributed by atoms with Crippen molar-refractivity contribution >= 4 is 22.9 Å². The van der Waals surface area contributed by atoms with E-state index < -0.39 is 0 Å². The van der Waals surface area contributed by atoms with Crippen LogP contribution < -0.4 is 5.73 Å². The van der Waals surface area contributed by atoms with E-state index in [1.807, 2.05) is 0 Å². The summed E-state index contributed by atoms with van der Waals surface area (Å²) in [7, 11) is 0. The molecule has 18 heavy (non-hydrogen) atoms. The fourth-order valence-electron chi connectivity index (χ4n) is 2.84. The number of piperidine rings is 1. The van der Waals surface area contributed by atoms with Crippen LogP contribution in [0.25, 0.3) is 0 Å². The Hall–Kier alpha value is -0.0900. The van der Waals surface area contributed by atoms with Crippen LogP contribution >= 0.6 is 22.9 Å². The Kier molecular flexibility index (Phi) is 5.07. The molecule has 3 unspecified atom stereocenters. The van der Waals surface area contributed by atoms with Gasteiger partial charge in [0.1, 0.15) is 0 Å². The second kappa shape index (κ2) is 6.38. The van der Waals surface area contributed by atoms with E-state index in [1.165, 1.54) is 18.5 Å². The third kappa shape index (κ3) is 3.70. The zero-order chi connectivity index (χ0) is 13.1. The van der Waals surface area contributed by atoms with E-state index in [-0.39, 0.29) is 0 Å². The molecule has 0 amide bonds. The summed E-state index contributed by atoms with van der Waals surface area (Å²) in [5.74, 6) is 0.674. The monoisotopic (exact) mass is 286 g/mol. The Labute approximate surface area is 119 Å². The molecule has 0 bridgehead atoms. The van der Waals surface area contributed by atoms with Crippen LogP contribution in [0.5, 0.6) is 0 Å². The molecule has 1 aliphatic rings. The molecule has 4 heteroatoms. The van der Waals surface area contributed by atoms with Gasteiger partial charge in [0.15, 0.2) is 0 Å². The van der Waals surface area contributed by atoms with E-state index in [9.17, 15) is 0 Å². The van der Waals surface area contributed by atoms with E-state index in [0.29, 0.717) is 18.0 Å². The van der Waals surface area contributed by atoms with Crippen LogP contribution in [-0.2, 0) is 6.42 Å². The highest BCUT2D eigenvalue weighted by atomic mass is 35.5. The van der Waals surface area contributed by atoms with Crippen LogP contribution in [0.2, 0.25) is 4.34 Å². The number of nitrogens with two attached hydrogens (primary N) is 1. The molecule has 1 fully saturated rings.